The summed E-state index contributed by atoms with van der Waals surface area (Å²) < 4.78 is 10.7. The van der Waals surface area contributed by atoms with Gasteiger partial charge in [0.15, 0.2) is 5.89 Å². The van der Waals surface area contributed by atoms with Gasteiger partial charge >= 0.3 is 6.09 Å². The first kappa shape index (κ1) is 15.2. The number of carbonyl (C=O) groups excluding carboxylic acids is 1. The lowest BCUT2D eigenvalue weighted by molar-refractivity contribution is 0.138. The number of fused-ring (bicyclic) bond motifs is 1. The van der Waals surface area contributed by atoms with E-state index in [0.717, 1.165) is 24.3 Å². The second kappa shape index (κ2) is 5.94. The normalized spacial score (nSPS) is 27.5. The number of rotatable bonds is 5. The van der Waals surface area contributed by atoms with E-state index in [2.05, 4.69) is 15.6 Å². The van der Waals surface area contributed by atoms with Gasteiger partial charge in [-0.2, -0.15) is 0 Å². The quantitative estimate of drug-likeness (QED) is 0.878. The first-order chi connectivity index (χ1) is 11.7. The molecule has 1 saturated heterocycles. The molecule has 24 heavy (non-hydrogen) atoms. The highest BCUT2D eigenvalue weighted by atomic mass is 16.5. The number of piperidine rings is 1. The zero-order valence-corrected chi connectivity index (χ0v) is 13.6. The number of nitrogens with zero attached hydrogens (tertiary/aromatic N) is 1. The van der Waals surface area contributed by atoms with Gasteiger partial charge in [0.25, 0.3) is 0 Å². The summed E-state index contributed by atoms with van der Waals surface area (Å²) in [5.74, 6) is 1.65. The van der Waals surface area contributed by atoms with Crippen LogP contribution in [0.5, 0.6) is 0 Å². The Labute approximate surface area is 140 Å². The first-order valence-electron chi connectivity index (χ1n) is 8.28. The van der Waals surface area contributed by atoms with E-state index in [-0.39, 0.29) is 12.0 Å². The monoisotopic (exact) mass is 327 g/mol. The molecular weight excluding hydrogens is 306 g/mol. The summed E-state index contributed by atoms with van der Waals surface area (Å²) in [6, 6.07) is 9.66. The molecule has 1 aromatic heterocycles. The largest absolute Gasteiger partial charge is 0.449 e. The second-order valence-corrected chi connectivity index (χ2v) is 6.58. The van der Waals surface area contributed by atoms with E-state index >= 15 is 0 Å². The summed E-state index contributed by atoms with van der Waals surface area (Å²) in [6.45, 7) is 4.56. The van der Waals surface area contributed by atoms with Gasteiger partial charge in [-0.15, -0.1) is 0 Å². The third kappa shape index (κ3) is 2.57. The van der Waals surface area contributed by atoms with Crippen LogP contribution in [-0.2, 0) is 16.8 Å². The molecule has 2 N–H and O–H groups in total. The van der Waals surface area contributed by atoms with E-state index in [1.807, 2.05) is 37.3 Å². The van der Waals surface area contributed by atoms with Crippen molar-refractivity contribution in [3.63, 3.8) is 0 Å². The molecule has 0 bridgehead atoms. The molecule has 0 spiro atoms. The molecular formula is C18H21N3O3. The van der Waals surface area contributed by atoms with Crippen molar-refractivity contribution >= 4 is 6.09 Å². The van der Waals surface area contributed by atoms with Gasteiger partial charge < -0.3 is 19.8 Å². The van der Waals surface area contributed by atoms with Gasteiger partial charge in [-0.3, -0.25) is 0 Å². The van der Waals surface area contributed by atoms with E-state index in [4.69, 9.17) is 9.15 Å². The Hall–Kier alpha value is -2.34. The van der Waals surface area contributed by atoms with Crippen molar-refractivity contribution < 1.29 is 13.9 Å². The predicted molar refractivity (Wildman–Crippen MR) is 87.4 cm³/mol. The number of aromatic nitrogens is 1. The Morgan fingerprint density at radius 1 is 1.38 bits per heavy atom. The first-order valence-corrected chi connectivity index (χ1v) is 8.28. The van der Waals surface area contributed by atoms with Crippen molar-refractivity contribution in [3.05, 3.63) is 53.7 Å². The van der Waals surface area contributed by atoms with Crippen LogP contribution in [-0.4, -0.2) is 30.7 Å². The molecule has 3 atom stereocenters. The summed E-state index contributed by atoms with van der Waals surface area (Å²) in [6.07, 6.45) is 1.33. The van der Waals surface area contributed by atoms with E-state index in [9.17, 15) is 4.79 Å². The summed E-state index contributed by atoms with van der Waals surface area (Å²) >= 11 is 0. The average molecular weight is 327 g/mol. The number of amides is 1. The Balaban J connectivity index is 1.37. The molecule has 4 rings (SSSR count). The van der Waals surface area contributed by atoms with Gasteiger partial charge in [-0.1, -0.05) is 30.3 Å². The summed E-state index contributed by atoms with van der Waals surface area (Å²) in [5.41, 5.74) is 1.80. The van der Waals surface area contributed by atoms with Crippen LogP contribution in [0.2, 0.25) is 0 Å². The number of hydrogen-bond donors (Lipinski definition) is 2. The predicted octanol–water partition coefficient (Wildman–Crippen LogP) is 2.00. The minimum atomic E-state index is -0.392. The molecule has 1 aromatic carbocycles. The second-order valence-electron chi connectivity index (χ2n) is 6.58. The van der Waals surface area contributed by atoms with Crippen LogP contribution in [0.3, 0.4) is 0 Å². The van der Waals surface area contributed by atoms with Crippen molar-refractivity contribution in [2.75, 3.05) is 19.6 Å². The van der Waals surface area contributed by atoms with Crippen LogP contribution in [0.25, 0.3) is 0 Å². The van der Waals surface area contributed by atoms with Crippen molar-refractivity contribution in [3.8, 4) is 0 Å². The van der Waals surface area contributed by atoms with Gasteiger partial charge in [0.2, 0.25) is 0 Å². The smallest absolute Gasteiger partial charge is 0.407 e. The van der Waals surface area contributed by atoms with Crippen molar-refractivity contribution in [2.24, 2.45) is 11.8 Å². The average Bonchev–Trinajstić information content (AvgIpc) is 2.99. The molecule has 2 aromatic rings. The highest BCUT2D eigenvalue weighted by Gasteiger charge is 2.68. The topological polar surface area (TPSA) is 76.4 Å². The number of carbonyl (C=O) groups is 1. The molecule has 126 valence electrons. The molecule has 2 aliphatic rings. The summed E-state index contributed by atoms with van der Waals surface area (Å²) in [7, 11) is 0. The number of hydrogen-bond acceptors (Lipinski definition) is 5. The fourth-order valence-electron chi connectivity index (χ4n) is 3.95. The molecule has 2 fully saturated rings. The molecule has 6 heteroatoms. The number of alkyl carbamates (subject to hydrolysis) is 1. The minimum Gasteiger partial charge on any atom is -0.449 e. The van der Waals surface area contributed by atoms with Crippen LogP contribution in [0.1, 0.15) is 17.1 Å². The van der Waals surface area contributed by atoms with Crippen molar-refractivity contribution in [2.45, 2.75) is 18.9 Å². The van der Waals surface area contributed by atoms with Gasteiger partial charge in [-0.25, -0.2) is 9.78 Å². The van der Waals surface area contributed by atoms with Gasteiger partial charge in [0, 0.05) is 18.9 Å². The van der Waals surface area contributed by atoms with Crippen molar-refractivity contribution in [1.29, 1.82) is 0 Å². The zero-order chi connectivity index (χ0) is 16.6. The zero-order valence-electron chi connectivity index (χ0n) is 13.6. The Bertz CT molecular complexity index is 718. The van der Waals surface area contributed by atoms with Gasteiger partial charge in [0.1, 0.15) is 12.9 Å². The molecule has 6 nitrogen and oxygen atoms in total. The Morgan fingerprint density at radius 3 is 2.79 bits per heavy atom. The molecule has 1 amide bonds. The lowest BCUT2D eigenvalue weighted by Crippen LogP contribution is -2.38. The lowest BCUT2D eigenvalue weighted by atomic mass is 9.96. The Morgan fingerprint density at radius 2 is 2.12 bits per heavy atom. The van der Waals surface area contributed by atoms with Crippen LogP contribution >= 0.6 is 0 Å². The maximum atomic E-state index is 12.1. The van der Waals surface area contributed by atoms with E-state index in [0.29, 0.717) is 24.3 Å². The highest BCUT2D eigenvalue weighted by Crippen LogP contribution is 2.60. The van der Waals surface area contributed by atoms with E-state index in [1.165, 1.54) is 0 Å². The van der Waals surface area contributed by atoms with Crippen molar-refractivity contribution in [1.82, 2.24) is 15.6 Å². The molecule has 1 aliphatic heterocycles. The minimum absolute atomic E-state index is 0.116. The highest BCUT2D eigenvalue weighted by molar-refractivity contribution is 5.67. The summed E-state index contributed by atoms with van der Waals surface area (Å²) in [5, 5.41) is 6.31. The third-order valence-electron chi connectivity index (χ3n) is 5.26. The van der Waals surface area contributed by atoms with Gasteiger partial charge in [-0.05, 0) is 30.5 Å². The lowest BCUT2D eigenvalue weighted by Gasteiger charge is -2.19. The molecule has 2 heterocycles. The van der Waals surface area contributed by atoms with Gasteiger partial charge in [0.05, 0.1) is 5.69 Å². The molecule has 0 radical (unpaired) electrons. The van der Waals surface area contributed by atoms with Crippen LogP contribution in [0.15, 0.2) is 41.0 Å². The number of oxazole rings is 1. The van der Waals surface area contributed by atoms with Crippen LogP contribution in [0.4, 0.5) is 4.79 Å². The standard InChI is InChI=1S/C18H21N3O3/c1-12-21-16(10-23-12)18(14-7-19-8-15(14)18)11-20-17(22)24-9-13-5-3-2-4-6-13/h2-6,10,14-15,19H,7-9,11H2,1H3,(H,20,22)/t14-,15+,18?. The number of nitrogens with one attached hydrogen (secondary N) is 2. The molecule has 1 saturated carbocycles. The SMILES string of the molecule is Cc1nc(C2(CNC(=O)OCc3ccccc3)[C@@H]3CNC[C@@H]32)co1. The fourth-order valence-corrected chi connectivity index (χ4v) is 3.95. The number of benzene rings is 1. The Kier molecular flexibility index (Phi) is 3.76. The maximum Gasteiger partial charge on any atom is 0.407 e. The summed E-state index contributed by atoms with van der Waals surface area (Å²) in [4.78, 5) is 16.6. The van der Waals surface area contributed by atoms with Crippen LogP contribution < -0.4 is 10.6 Å². The molecule has 1 unspecified atom stereocenters. The molecule has 1 aliphatic carbocycles. The fraction of sp³-hybridized carbons (Fsp3) is 0.444. The van der Waals surface area contributed by atoms with E-state index in [1.54, 1.807) is 6.26 Å². The number of aryl methyl sites for hydroxylation is 1. The maximum absolute atomic E-state index is 12.1. The third-order valence-corrected chi connectivity index (χ3v) is 5.26. The van der Waals surface area contributed by atoms with Crippen LogP contribution in [0, 0.1) is 18.8 Å². The van der Waals surface area contributed by atoms with E-state index < -0.39 is 6.09 Å². The number of ether oxygens (including phenoxy) is 1.